The third kappa shape index (κ3) is 2.24. The van der Waals surface area contributed by atoms with Crippen molar-refractivity contribution < 1.29 is 22.8 Å². The number of benzene rings is 1. The number of hydrogen-bond acceptors (Lipinski definition) is 3. The van der Waals surface area contributed by atoms with E-state index in [4.69, 9.17) is 9.63 Å². The second-order valence-electron chi connectivity index (χ2n) is 3.82. The predicted molar refractivity (Wildman–Crippen MR) is 57.6 cm³/mol. The monoisotopic (exact) mass is 257 g/mol. The van der Waals surface area contributed by atoms with Crippen LogP contribution in [0.2, 0.25) is 0 Å². The lowest BCUT2D eigenvalue weighted by molar-refractivity contribution is -0.137. The largest absolute Gasteiger partial charge is 0.416 e. The highest BCUT2D eigenvalue weighted by atomic mass is 19.4. The van der Waals surface area contributed by atoms with Crippen LogP contribution in [-0.4, -0.2) is 10.3 Å². The molecule has 0 unspecified atom stereocenters. The van der Waals surface area contributed by atoms with Crippen molar-refractivity contribution in [3.8, 4) is 11.3 Å². The summed E-state index contributed by atoms with van der Waals surface area (Å²) in [6, 6.07) is 4.60. The number of aliphatic hydroxyl groups excluding tert-OH is 1. The topological polar surface area (TPSA) is 46.3 Å². The fraction of sp³-hybridized carbons (Fsp3) is 0.250. The van der Waals surface area contributed by atoms with E-state index in [2.05, 4.69) is 5.16 Å². The molecule has 0 amide bonds. The molecule has 0 saturated carbocycles. The molecule has 2 rings (SSSR count). The first-order valence-corrected chi connectivity index (χ1v) is 5.17. The quantitative estimate of drug-likeness (QED) is 0.898. The first-order valence-electron chi connectivity index (χ1n) is 5.17. The summed E-state index contributed by atoms with van der Waals surface area (Å²) in [4.78, 5) is 0. The van der Waals surface area contributed by atoms with Crippen LogP contribution >= 0.6 is 0 Å². The Hall–Kier alpha value is -1.82. The van der Waals surface area contributed by atoms with Crippen molar-refractivity contribution in [2.75, 3.05) is 0 Å². The van der Waals surface area contributed by atoms with Crippen molar-refractivity contribution in [2.45, 2.75) is 19.7 Å². The minimum atomic E-state index is -4.36. The van der Waals surface area contributed by atoms with Gasteiger partial charge in [-0.3, -0.25) is 0 Å². The van der Waals surface area contributed by atoms with Crippen molar-refractivity contribution in [3.05, 3.63) is 41.1 Å². The van der Waals surface area contributed by atoms with Crippen molar-refractivity contribution in [3.63, 3.8) is 0 Å². The molecule has 96 valence electrons. The van der Waals surface area contributed by atoms with Crippen LogP contribution in [0.3, 0.4) is 0 Å². The number of halogens is 3. The number of aromatic nitrogens is 1. The van der Waals surface area contributed by atoms with Crippen LogP contribution in [0.1, 0.15) is 16.8 Å². The van der Waals surface area contributed by atoms with E-state index in [0.717, 1.165) is 12.1 Å². The summed E-state index contributed by atoms with van der Waals surface area (Å²) in [6.45, 7) is 1.42. The van der Waals surface area contributed by atoms with E-state index in [1.165, 1.54) is 12.1 Å². The van der Waals surface area contributed by atoms with Crippen LogP contribution in [0.15, 0.2) is 28.8 Å². The number of rotatable bonds is 2. The lowest BCUT2D eigenvalue weighted by atomic mass is 10.1. The number of aliphatic hydroxyl groups is 1. The van der Waals surface area contributed by atoms with Crippen molar-refractivity contribution in [1.82, 2.24) is 5.16 Å². The molecule has 1 heterocycles. The lowest BCUT2D eigenvalue weighted by Gasteiger charge is -2.06. The fourth-order valence-corrected chi connectivity index (χ4v) is 1.60. The van der Waals surface area contributed by atoms with Gasteiger partial charge in [0.15, 0.2) is 5.76 Å². The van der Waals surface area contributed by atoms with Crippen LogP contribution in [0.25, 0.3) is 11.3 Å². The number of hydrogen-bond donors (Lipinski definition) is 1. The van der Waals surface area contributed by atoms with Crippen molar-refractivity contribution >= 4 is 0 Å². The van der Waals surface area contributed by atoms with Gasteiger partial charge in [0.2, 0.25) is 0 Å². The predicted octanol–water partition coefficient (Wildman–Crippen LogP) is 3.16. The molecule has 1 aromatic heterocycles. The fourth-order valence-electron chi connectivity index (χ4n) is 1.60. The van der Waals surface area contributed by atoms with E-state index in [-0.39, 0.29) is 6.61 Å². The van der Waals surface area contributed by atoms with Gasteiger partial charge in [-0.15, -0.1) is 0 Å². The average Bonchev–Trinajstić information content (AvgIpc) is 2.69. The molecule has 6 heteroatoms. The maximum atomic E-state index is 12.4. The molecule has 0 aliphatic carbocycles. The number of nitrogens with zero attached hydrogens (tertiary/aromatic N) is 1. The Morgan fingerprint density at radius 2 is 1.83 bits per heavy atom. The van der Waals surface area contributed by atoms with Crippen molar-refractivity contribution in [1.29, 1.82) is 0 Å². The molecule has 0 atom stereocenters. The van der Waals surface area contributed by atoms with E-state index in [1.54, 1.807) is 6.92 Å². The zero-order valence-electron chi connectivity index (χ0n) is 9.45. The molecule has 3 nitrogen and oxygen atoms in total. The Balaban J connectivity index is 2.37. The van der Waals surface area contributed by atoms with Crippen LogP contribution in [0.4, 0.5) is 13.2 Å². The van der Waals surface area contributed by atoms with E-state index in [0.29, 0.717) is 22.6 Å². The SMILES string of the molecule is Cc1c(CO)noc1-c1ccc(C(F)(F)F)cc1. The molecule has 0 aliphatic heterocycles. The minimum Gasteiger partial charge on any atom is -0.390 e. The van der Waals surface area contributed by atoms with E-state index < -0.39 is 11.7 Å². The van der Waals surface area contributed by atoms with Gasteiger partial charge in [0, 0.05) is 11.1 Å². The first kappa shape index (κ1) is 12.6. The van der Waals surface area contributed by atoms with E-state index >= 15 is 0 Å². The van der Waals surface area contributed by atoms with Gasteiger partial charge in [-0.05, 0) is 19.1 Å². The van der Waals surface area contributed by atoms with Gasteiger partial charge in [0.05, 0.1) is 12.2 Å². The Morgan fingerprint density at radius 3 is 2.28 bits per heavy atom. The van der Waals surface area contributed by atoms with E-state index in [9.17, 15) is 13.2 Å². The van der Waals surface area contributed by atoms with Gasteiger partial charge in [-0.25, -0.2) is 0 Å². The Morgan fingerprint density at radius 1 is 1.22 bits per heavy atom. The highest BCUT2D eigenvalue weighted by Crippen LogP contribution is 2.32. The first-order chi connectivity index (χ1) is 8.43. The summed E-state index contributed by atoms with van der Waals surface area (Å²) >= 11 is 0. The Labute approximate surface area is 101 Å². The zero-order chi connectivity index (χ0) is 13.3. The Kier molecular flexibility index (Phi) is 3.13. The average molecular weight is 257 g/mol. The molecule has 1 aromatic carbocycles. The summed E-state index contributed by atoms with van der Waals surface area (Å²) in [6.07, 6.45) is -4.36. The summed E-state index contributed by atoms with van der Waals surface area (Å²) in [5, 5.41) is 12.6. The molecular formula is C12H10F3NO2. The van der Waals surface area contributed by atoms with E-state index in [1.807, 2.05) is 0 Å². The summed E-state index contributed by atoms with van der Waals surface area (Å²) < 4.78 is 42.2. The third-order valence-corrected chi connectivity index (χ3v) is 2.64. The smallest absolute Gasteiger partial charge is 0.390 e. The normalized spacial score (nSPS) is 11.8. The molecule has 2 aromatic rings. The highest BCUT2D eigenvalue weighted by molar-refractivity contribution is 5.62. The van der Waals surface area contributed by atoms with Gasteiger partial charge < -0.3 is 9.63 Å². The van der Waals surface area contributed by atoms with Gasteiger partial charge in [0.25, 0.3) is 0 Å². The molecule has 0 fully saturated rings. The standard InChI is InChI=1S/C12H10F3NO2/c1-7-10(6-17)16-18-11(7)8-2-4-9(5-3-8)12(13,14)15/h2-5,17H,6H2,1H3. The van der Waals surface area contributed by atoms with Gasteiger partial charge in [-0.2, -0.15) is 13.2 Å². The maximum absolute atomic E-state index is 12.4. The molecule has 1 N–H and O–H groups in total. The number of alkyl halides is 3. The lowest BCUT2D eigenvalue weighted by Crippen LogP contribution is -2.03. The van der Waals surface area contributed by atoms with Gasteiger partial charge >= 0.3 is 6.18 Å². The molecule has 0 radical (unpaired) electrons. The maximum Gasteiger partial charge on any atom is 0.416 e. The molecule has 0 saturated heterocycles. The zero-order valence-corrected chi connectivity index (χ0v) is 9.45. The third-order valence-electron chi connectivity index (χ3n) is 2.64. The van der Waals surface area contributed by atoms with Gasteiger partial charge in [-0.1, -0.05) is 17.3 Å². The second-order valence-corrected chi connectivity index (χ2v) is 3.82. The summed E-state index contributed by atoms with van der Waals surface area (Å²) in [5.74, 6) is 0.368. The Bertz CT molecular complexity index is 543. The van der Waals surface area contributed by atoms with Crippen LogP contribution in [0.5, 0.6) is 0 Å². The van der Waals surface area contributed by atoms with Gasteiger partial charge in [0.1, 0.15) is 5.69 Å². The van der Waals surface area contributed by atoms with Crippen LogP contribution in [0, 0.1) is 6.92 Å². The molecule has 0 aliphatic rings. The van der Waals surface area contributed by atoms with Crippen LogP contribution < -0.4 is 0 Å². The molecule has 18 heavy (non-hydrogen) atoms. The summed E-state index contributed by atoms with van der Waals surface area (Å²) in [7, 11) is 0. The van der Waals surface area contributed by atoms with Crippen molar-refractivity contribution in [2.24, 2.45) is 0 Å². The molecular weight excluding hydrogens is 247 g/mol. The minimum absolute atomic E-state index is 0.268. The highest BCUT2D eigenvalue weighted by Gasteiger charge is 2.30. The molecule has 0 bridgehead atoms. The van der Waals surface area contributed by atoms with Crippen LogP contribution in [-0.2, 0) is 12.8 Å². The second kappa shape index (κ2) is 4.45. The summed E-state index contributed by atoms with van der Waals surface area (Å²) in [5.41, 5.74) is 0.778. The molecule has 0 spiro atoms.